The van der Waals surface area contributed by atoms with Gasteiger partial charge in [0, 0.05) is 44.7 Å². The van der Waals surface area contributed by atoms with Gasteiger partial charge in [0.2, 0.25) is 0 Å². The molecule has 0 saturated carbocycles. The molecule has 0 bridgehead atoms. The summed E-state index contributed by atoms with van der Waals surface area (Å²) in [6.07, 6.45) is 5.50. The van der Waals surface area contributed by atoms with E-state index in [0.717, 1.165) is 37.3 Å². The van der Waals surface area contributed by atoms with Gasteiger partial charge in [-0.15, -0.1) is 0 Å². The molecular weight excluding hydrogens is 558 g/mol. The summed E-state index contributed by atoms with van der Waals surface area (Å²) in [7, 11) is 0. The summed E-state index contributed by atoms with van der Waals surface area (Å²) < 4.78 is 31.9. The Morgan fingerprint density at radius 1 is 0.947 bits per heavy atom. The summed E-state index contributed by atoms with van der Waals surface area (Å²) in [4.78, 5) is 19.7. The second kappa shape index (κ2) is 13.0. The standard InChI is InChI=1S/C25H33BrF2N8.H4N2/c1-16(2)5-6-17-20(27)18(7-10-34-8-3-4-9-34)31-25(21(17)28)36-13-11-35(12-14-36)24-19-22(26)32-33-23(19)29-15-30-24;1-2/h15-16H,3-14H2,1-2H3,(H,29,30,32,33);1-2H2. The minimum absolute atomic E-state index is 0.187. The van der Waals surface area contributed by atoms with Gasteiger partial charge in [-0.3, -0.25) is 16.8 Å². The molecule has 2 aliphatic rings. The number of fused-ring (bicyclic) bond motifs is 1. The first-order valence-electron chi connectivity index (χ1n) is 13.2. The van der Waals surface area contributed by atoms with Crippen LogP contribution in [0.1, 0.15) is 44.4 Å². The largest absolute Gasteiger partial charge is 0.352 e. The number of nitrogens with one attached hydrogen (secondary N) is 1. The fourth-order valence-corrected chi connectivity index (χ4v) is 5.56. The van der Waals surface area contributed by atoms with Gasteiger partial charge in [0.25, 0.3) is 0 Å². The zero-order chi connectivity index (χ0) is 27.2. The SMILES string of the molecule is CC(C)CCc1c(F)c(CCN2CCCC2)nc(N2CCN(c3ncnc4[nH]nc(Br)c34)CC2)c1F.NN. The maximum atomic E-state index is 15.7. The van der Waals surface area contributed by atoms with Gasteiger partial charge in [0.15, 0.2) is 23.1 Å². The predicted molar refractivity (Wildman–Crippen MR) is 149 cm³/mol. The van der Waals surface area contributed by atoms with Gasteiger partial charge >= 0.3 is 0 Å². The lowest BCUT2D eigenvalue weighted by molar-refractivity contribution is 0.339. The second-order valence-electron chi connectivity index (χ2n) is 10.1. The van der Waals surface area contributed by atoms with Crippen LogP contribution in [0.3, 0.4) is 0 Å². The van der Waals surface area contributed by atoms with E-state index in [4.69, 9.17) is 0 Å². The van der Waals surface area contributed by atoms with Crippen LogP contribution in [0.5, 0.6) is 0 Å². The molecular formula is C25H37BrF2N10. The van der Waals surface area contributed by atoms with Gasteiger partial charge in [-0.1, -0.05) is 13.8 Å². The number of likely N-dealkylation sites (tertiary alicyclic amines) is 1. The number of aromatic amines is 1. The molecule has 13 heteroatoms. The number of halogens is 3. The lowest BCUT2D eigenvalue weighted by Gasteiger charge is -2.36. The van der Waals surface area contributed by atoms with Crippen LogP contribution in [0.15, 0.2) is 10.9 Å². The van der Waals surface area contributed by atoms with Gasteiger partial charge in [-0.05, 0) is 60.6 Å². The third-order valence-electron chi connectivity index (χ3n) is 7.23. The van der Waals surface area contributed by atoms with Crippen molar-refractivity contribution >= 4 is 38.6 Å². The Bertz CT molecular complexity index is 1210. The summed E-state index contributed by atoms with van der Waals surface area (Å²) in [5.41, 5.74) is 1.24. The number of rotatable bonds is 8. The number of hydrazine groups is 1. The molecule has 0 unspecified atom stereocenters. The summed E-state index contributed by atoms with van der Waals surface area (Å²) in [6.45, 7) is 9.38. The molecule has 5 rings (SSSR count). The summed E-state index contributed by atoms with van der Waals surface area (Å²) >= 11 is 3.47. The molecule has 0 aliphatic carbocycles. The van der Waals surface area contributed by atoms with Crippen LogP contribution < -0.4 is 21.5 Å². The molecule has 0 aromatic carbocycles. The van der Waals surface area contributed by atoms with Crippen molar-refractivity contribution in [1.29, 1.82) is 0 Å². The Balaban J connectivity index is 0.00000164. The highest BCUT2D eigenvalue weighted by Gasteiger charge is 2.28. The molecule has 2 fully saturated rings. The molecule has 38 heavy (non-hydrogen) atoms. The maximum absolute atomic E-state index is 15.7. The van der Waals surface area contributed by atoms with E-state index >= 15 is 8.78 Å². The number of pyridine rings is 1. The summed E-state index contributed by atoms with van der Waals surface area (Å²) in [5.74, 6) is 8.47. The van der Waals surface area contributed by atoms with Crippen LogP contribution in [-0.4, -0.2) is 75.9 Å². The fourth-order valence-electron chi connectivity index (χ4n) is 5.11. The van der Waals surface area contributed by atoms with E-state index in [0.29, 0.717) is 60.9 Å². The normalized spacial score (nSPS) is 16.4. The molecule has 10 nitrogen and oxygen atoms in total. The van der Waals surface area contributed by atoms with Gasteiger partial charge in [0.05, 0.1) is 11.1 Å². The molecule has 2 aliphatic heterocycles. The monoisotopic (exact) mass is 594 g/mol. The van der Waals surface area contributed by atoms with E-state index in [1.165, 1.54) is 19.2 Å². The molecule has 5 N–H and O–H groups in total. The molecule has 3 aromatic rings. The number of H-pyrrole nitrogens is 1. The Kier molecular flexibility index (Phi) is 9.80. The number of piperazine rings is 1. The van der Waals surface area contributed by atoms with E-state index in [1.807, 2.05) is 4.90 Å². The minimum atomic E-state index is -0.506. The molecule has 0 spiro atoms. The zero-order valence-corrected chi connectivity index (χ0v) is 23.6. The topological polar surface area (TPSA) is 129 Å². The number of anilines is 2. The quantitative estimate of drug-likeness (QED) is 0.266. The molecule has 3 aromatic heterocycles. The molecule has 0 amide bonds. The van der Waals surface area contributed by atoms with E-state index < -0.39 is 11.6 Å². The highest BCUT2D eigenvalue weighted by atomic mass is 79.9. The number of nitrogens with two attached hydrogens (primary N) is 2. The maximum Gasteiger partial charge on any atom is 0.171 e. The van der Waals surface area contributed by atoms with Crippen molar-refractivity contribution in [1.82, 2.24) is 30.0 Å². The van der Waals surface area contributed by atoms with Crippen LogP contribution in [0.2, 0.25) is 0 Å². The average molecular weight is 596 g/mol. The van der Waals surface area contributed by atoms with E-state index in [-0.39, 0.29) is 11.4 Å². The first-order chi connectivity index (χ1) is 18.4. The Hall–Kier alpha value is -2.48. The Morgan fingerprint density at radius 2 is 1.61 bits per heavy atom. The van der Waals surface area contributed by atoms with Crippen LogP contribution in [0, 0.1) is 17.6 Å². The van der Waals surface area contributed by atoms with Crippen molar-refractivity contribution in [2.75, 3.05) is 55.6 Å². The van der Waals surface area contributed by atoms with Crippen molar-refractivity contribution in [3.63, 3.8) is 0 Å². The molecule has 2 saturated heterocycles. The van der Waals surface area contributed by atoms with E-state index in [9.17, 15) is 0 Å². The number of aromatic nitrogens is 5. The summed E-state index contributed by atoms with van der Waals surface area (Å²) in [5, 5.41) is 7.91. The molecule has 0 radical (unpaired) electrons. The first kappa shape index (κ1) is 28.5. The lowest BCUT2D eigenvalue weighted by atomic mass is 10.0. The van der Waals surface area contributed by atoms with Crippen molar-refractivity contribution in [2.24, 2.45) is 17.6 Å². The van der Waals surface area contributed by atoms with Crippen molar-refractivity contribution < 1.29 is 8.78 Å². The van der Waals surface area contributed by atoms with Gasteiger partial charge in [-0.25, -0.2) is 23.7 Å². The summed E-state index contributed by atoms with van der Waals surface area (Å²) in [6, 6.07) is 0. The van der Waals surface area contributed by atoms with Gasteiger partial charge in [0.1, 0.15) is 16.7 Å². The van der Waals surface area contributed by atoms with Crippen molar-refractivity contribution in [3.8, 4) is 0 Å². The van der Waals surface area contributed by atoms with Crippen LogP contribution in [0.4, 0.5) is 20.4 Å². The number of nitrogens with zero attached hydrogens (tertiary/aromatic N) is 7. The highest BCUT2D eigenvalue weighted by Crippen LogP contribution is 2.31. The number of hydrogen-bond donors (Lipinski definition) is 3. The predicted octanol–water partition coefficient (Wildman–Crippen LogP) is 3.16. The lowest BCUT2D eigenvalue weighted by Crippen LogP contribution is -2.47. The third-order valence-corrected chi connectivity index (χ3v) is 7.80. The van der Waals surface area contributed by atoms with Crippen molar-refractivity contribution in [3.05, 3.63) is 33.8 Å². The average Bonchev–Trinajstić information content (AvgIpc) is 3.59. The second-order valence-corrected chi connectivity index (χ2v) is 10.9. The van der Waals surface area contributed by atoms with Crippen LogP contribution >= 0.6 is 15.9 Å². The Morgan fingerprint density at radius 3 is 2.26 bits per heavy atom. The molecule has 208 valence electrons. The molecule has 5 heterocycles. The highest BCUT2D eigenvalue weighted by molar-refractivity contribution is 9.10. The Labute approximate surface area is 230 Å². The van der Waals surface area contributed by atoms with Crippen molar-refractivity contribution in [2.45, 2.75) is 46.0 Å². The van der Waals surface area contributed by atoms with E-state index in [2.05, 4.69) is 76.4 Å². The first-order valence-corrected chi connectivity index (χ1v) is 14.0. The number of hydrogen-bond acceptors (Lipinski definition) is 9. The zero-order valence-electron chi connectivity index (χ0n) is 22.1. The van der Waals surface area contributed by atoms with E-state index in [1.54, 1.807) is 0 Å². The fraction of sp³-hybridized carbons (Fsp3) is 0.600. The minimum Gasteiger partial charge on any atom is -0.352 e. The third kappa shape index (κ3) is 6.22. The van der Waals surface area contributed by atoms with Gasteiger partial charge < -0.3 is 14.7 Å². The van der Waals surface area contributed by atoms with Crippen LogP contribution in [-0.2, 0) is 12.8 Å². The molecule has 0 atom stereocenters. The smallest absolute Gasteiger partial charge is 0.171 e. The van der Waals surface area contributed by atoms with Crippen LogP contribution in [0.25, 0.3) is 11.0 Å². The van der Waals surface area contributed by atoms with Gasteiger partial charge in [-0.2, -0.15) is 5.10 Å².